The number of rotatable bonds is 3. The molecule has 0 aromatic carbocycles. The average Bonchev–Trinajstić information content (AvgIpc) is 2.16. The Morgan fingerprint density at radius 3 is 2.57 bits per heavy atom. The first-order chi connectivity index (χ1) is 6.56. The van der Waals surface area contributed by atoms with Crippen LogP contribution >= 0.6 is 0 Å². The summed E-state index contributed by atoms with van der Waals surface area (Å²) >= 11 is 0. The predicted molar refractivity (Wildman–Crippen MR) is 41.2 cm³/mol. The Labute approximate surface area is 76.5 Å². The molecule has 1 aromatic heterocycles. The van der Waals surface area contributed by atoms with Gasteiger partial charge in [0.25, 0.3) is 0 Å². The zero-order valence-corrected chi connectivity index (χ0v) is 6.68. The molecule has 0 amide bonds. The van der Waals surface area contributed by atoms with Crippen molar-refractivity contribution in [1.29, 1.82) is 0 Å². The fourth-order valence-corrected chi connectivity index (χ4v) is 0.834. The predicted octanol–water partition coefficient (Wildman–Crippen LogP) is 1.74. The number of halogens is 2. The van der Waals surface area contributed by atoms with Gasteiger partial charge in [0, 0.05) is 0 Å². The molecule has 0 bridgehead atoms. The van der Waals surface area contributed by atoms with Crippen LogP contribution in [0.1, 0.15) is 22.5 Å². The molecule has 0 aliphatic rings. The van der Waals surface area contributed by atoms with Crippen molar-refractivity contribution < 1.29 is 18.5 Å². The molecule has 74 valence electrons. The third-order valence-electron chi connectivity index (χ3n) is 1.45. The molecule has 0 unspecified atom stereocenters. The van der Waals surface area contributed by atoms with E-state index in [-0.39, 0.29) is 11.8 Å². The Morgan fingerprint density at radius 1 is 1.50 bits per heavy atom. The van der Waals surface area contributed by atoms with E-state index in [0.29, 0.717) is 0 Å². The number of carbonyl (C=O) groups excluding carboxylic acids is 1. The minimum atomic E-state index is -2.89. The summed E-state index contributed by atoms with van der Waals surface area (Å²) in [5.74, 6) is -0.849. The highest BCUT2D eigenvalue weighted by molar-refractivity contribution is 5.79. The van der Waals surface area contributed by atoms with Crippen LogP contribution in [-0.2, 0) is 0 Å². The van der Waals surface area contributed by atoms with E-state index in [9.17, 15) is 23.7 Å². The molecule has 0 aliphatic carbocycles. The molecule has 0 radical (unpaired) electrons. The maximum atomic E-state index is 12.1. The van der Waals surface area contributed by atoms with Crippen molar-refractivity contribution in [1.82, 2.24) is 4.98 Å². The van der Waals surface area contributed by atoms with Gasteiger partial charge in [-0.25, -0.2) is 8.78 Å². The molecular weight excluding hydrogens is 198 g/mol. The van der Waals surface area contributed by atoms with E-state index >= 15 is 0 Å². The summed E-state index contributed by atoms with van der Waals surface area (Å²) in [6, 6.07) is 1.82. The van der Waals surface area contributed by atoms with Crippen molar-refractivity contribution in [3.8, 4) is 0 Å². The maximum Gasteiger partial charge on any atom is 0.374 e. The van der Waals surface area contributed by atoms with Crippen molar-refractivity contribution in [2.24, 2.45) is 0 Å². The van der Waals surface area contributed by atoms with Crippen LogP contribution < -0.4 is 0 Å². The van der Waals surface area contributed by atoms with E-state index < -0.39 is 22.9 Å². The lowest BCUT2D eigenvalue weighted by Crippen LogP contribution is -2.01. The number of aromatic nitrogens is 1. The summed E-state index contributed by atoms with van der Waals surface area (Å²) in [5, 5.41) is 10.3. The van der Waals surface area contributed by atoms with Gasteiger partial charge in [-0.15, -0.1) is 0 Å². The van der Waals surface area contributed by atoms with Crippen LogP contribution in [0.4, 0.5) is 14.6 Å². The van der Waals surface area contributed by atoms with E-state index in [1.54, 1.807) is 0 Å². The molecule has 5 nitrogen and oxygen atoms in total. The first-order valence-electron chi connectivity index (χ1n) is 3.45. The van der Waals surface area contributed by atoms with Gasteiger partial charge in [0.05, 0.1) is 0 Å². The second kappa shape index (κ2) is 3.86. The largest absolute Gasteiger partial charge is 0.374 e. The molecule has 1 aromatic rings. The van der Waals surface area contributed by atoms with Gasteiger partial charge in [0.1, 0.15) is 5.56 Å². The summed E-state index contributed by atoms with van der Waals surface area (Å²) in [6.45, 7) is 0. The van der Waals surface area contributed by atoms with Gasteiger partial charge in [-0.2, -0.15) is 0 Å². The van der Waals surface area contributed by atoms with Crippen LogP contribution in [0.15, 0.2) is 12.1 Å². The normalized spacial score (nSPS) is 10.2. The lowest BCUT2D eigenvalue weighted by atomic mass is 10.2. The Kier molecular flexibility index (Phi) is 2.80. The highest BCUT2D eigenvalue weighted by atomic mass is 19.3. The van der Waals surface area contributed by atoms with Crippen molar-refractivity contribution in [3.63, 3.8) is 0 Å². The first-order valence-corrected chi connectivity index (χ1v) is 3.45. The molecular formula is C7H4F2N2O3. The van der Waals surface area contributed by atoms with E-state index in [2.05, 4.69) is 4.98 Å². The number of aldehydes is 1. The molecule has 1 heterocycles. The second-order valence-electron chi connectivity index (χ2n) is 2.32. The highest BCUT2D eigenvalue weighted by Gasteiger charge is 2.21. The number of nitrogens with zero attached hydrogens (tertiary/aromatic N) is 2. The Morgan fingerprint density at radius 2 is 2.14 bits per heavy atom. The molecule has 0 atom stereocenters. The SMILES string of the molecule is O=Cc1ccc(C(F)F)nc1[N+](=O)[O-]. The fraction of sp³-hybridized carbons (Fsp3) is 0.143. The summed E-state index contributed by atoms with van der Waals surface area (Å²) in [6.07, 6.45) is -2.70. The van der Waals surface area contributed by atoms with E-state index in [0.717, 1.165) is 12.1 Å². The zero-order chi connectivity index (χ0) is 10.7. The molecule has 7 heteroatoms. The molecule has 0 saturated heterocycles. The molecule has 14 heavy (non-hydrogen) atoms. The lowest BCUT2D eigenvalue weighted by molar-refractivity contribution is -0.389. The number of hydrogen-bond donors (Lipinski definition) is 0. The van der Waals surface area contributed by atoms with Crippen LogP contribution in [0, 0.1) is 10.1 Å². The van der Waals surface area contributed by atoms with Crippen molar-refractivity contribution in [3.05, 3.63) is 33.5 Å². The molecule has 1 rings (SSSR count). The van der Waals surface area contributed by atoms with Gasteiger partial charge in [0.15, 0.2) is 6.29 Å². The second-order valence-corrected chi connectivity index (χ2v) is 2.32. The van der Waals surface area contributed by atoms with Crippen LogP contribution in [0.25, 0.3) is 0 Å². The molecule has 0 spiro atoms. The number of carbonyl (C=O) groups is 1. The quantitative estimate of drug-likeness (QED) is 0.425. The summed E-state index contributed by atoms with van der Waals surface area (Å²) in [7, 11) is 0. The third kappa shape index (κ3) is 1.87. The number of nitro groups is 1. The van der Waals surface area contributed by atoms with Gasteiger partial charge in [-0.1, -0.05) is 0 Å². The van der Waals surface area contributed by atoms with Crippen LogP contribution in [0.3, 0.4) is 0 Å². The van der Waals surface area contributed by atoms with Crippen molar-refractivity contribution in [2.45, 2.75) is 6.43 Å². The Hall–Kier alpha value is -1.92. The minimum Gasteiger partial charge on any atom is -0.358 e. The number of alkyl halides is 2. The lowest BCUT2D eigenvalue weighted by Gasteiger charge is -1.97. The van der Waals surface area contributed by atoms with E-state index in [4.69, 9.17) is 0 Å². The first kappa shape index (κ1) is 10.2. The van der Waals surface area contributed by atoms with Crippen LogP contribution in [-0.4, -0.2) is 16.2 Å². The fourth-order valence-electron chi connectivity index (χ4n) is 0.834. The maximum absolute atomic E-state index is 12.1. The van der Waals surface area contributed by atoms with Crippen molar-refractivity contribution in [2.75, 3.05) is 0 Å². The summed E-state index contributed by atoms with van der Waals surface area (Å²) in [5.41, 5.74) is -1.04. The number of hydrogen-bond acceptors (Lipinski definition) is 4. The van der Waals surface area contributed by atoms with Gasteiger partial charge < -0.3 is 10.1 Å². The molecule has 0 N–H and O–H groups in total. The zero-order valence-electron chi connectivity index (χ0n) is 6.68. The molecule has 0 fully saturated rings. The van der Waals surface area contributed by atoms with Crippen LogP contribution in [0.2, 0.25) is 0 Å². The monoisotopic (exact) mass is 202 g/mol. The highest BCUT2D eigenvalue weighted by Crippen LogP contribution is 2.21. The Bertz CT molecular complexity index is 381. The van der Waals surface area contributed by atoms with Gasteiger partial charge in [-0.3, -0.25) is 4.79 Å². The molecule has 0 saturated carbocycles. The Balaban J connectivity index is 3.27. The topological polar surface area (TPSA) is 73.1 Å². The third-order valence-corrected chi connectivity index (χ3v) is 1.45. The van der Waals surface area contributed by atoms with Crippen LogP contribution in [0.5, 0.6) is 0 Å². The van der Waals surface area contributed by atoms with Gasteiger partial charge >= 0.3 is 12.2 Å². The minimum absolute atomic E-state index is 0.195. The summed E-state index contributed by atoms with van der Waals surface area (Å²) in [4.78, 5) is 22.7. The van der Waals surface area contributed by atoms with Crippen molar-refractivity contribution >= 4 is 12.1 Å². The summed E-state index contributed by atoms with van der Waals surface area (Å²) < 4.78 is 24.1. The van der Waals surface area contributed by atoms with Gasteiger partial charge in [-0.05, 0) is 22.0 Å². The average molecular weight is 202 g/mol. The van der Waals surface area contributed by atoms with E-state index in [1.165, 1.54) is 0 Å². The smallest absolute Gasteiger partial charge is 0.358 e. The molecule has 0 aliphatic heterocycles. The standard InChI is InChI=1S/C7H4F2N2O3/c8-6(9)5-2-1-4(3-12)7(10-5)11(13)14/h1-3,6H. The number of pyridine rings is 1. The van der Waals surface area contributed by atoms with E-state index in [1.807, 2.05) is 0 Å². The van der Waals surface area contributed by atoms with Gasteiger partial charge in [0.2, 0.25) is 5.69 Å².